The normalized spacial score (nSPS) is 17.7. The van der Waals surface area contributed by atoms with Crippen LogP contribution in [-0.2, 0) is 11.3 Å². The first-order chi connectivity index (χ1) is 14.5. The minimum absolute atomic E-state index is 0.130. The molecule has 30 heavy (non-hydrogen) atoms. The number of methoxy groups -OCH3 is 2. The zero-order chi connectivity index (χ0) is 21.3. The van der Waals surface area contributed by atoms with Gasteiger partial charge in [0.1, 0.15) is 23.0 Å². The molecule has 1 fully saturated rings. The van der Waals surface area contributed by atoms with Crippen LogP contribution in [0, 0.1) is 6.92 Å². The molecule has 0 radical (unpaired) electrons. The number of phenols is 1. The van der Waals surface area contributed by atoms with E-state index in [0.717, 1.165) is 13.1 Å². The number of nitrogens with zero attached hydrogens (tertiary/aromatic N) is 1. The highest BCUT2D eigenvalue weighted by atomic mass is 16.5. The van der Waals surface area contributed by atoms with E-state index < -0.39 is 0 Å². The second-order valence-corrected chi connectivity index (χ2v) is 7.33. The number of hydrogen-bond acceptors (Lipinski definition) is 7. The Morgan fingerprint density at radius 1 is 1.17 bits per heavy atom. The Labute approximate surface area is 175 Å². The fraction of sp³-hybridized carbons (Fsp3) is 0.348. The van der Waals surface area contributed by atoms with Crippen molar-refractivity contribution < 1.29 is 28.8 Å². The summed E-state index contributed by atoms with van der Waals surface area (Å²) in [6, 6.07) is 6.98. The van der Waals surface area contributed by atoms with E-state index in [-0.39, 0.29) is 17.3 Å². The molecule has 2 aromatic rings. The lowest BCUT2D eigenvalue weighted by molar-refractivity contribution is 0.0336. The van der Waals surface area contributed by atoms with Crippen molar-refractivity contribution in [1.82, 2.24) is 4.90 Å². The fourth-order valence-electron chi connectivity index (χ4n) is 3.81. The zero-order valence-electron chi connectivity index (χ0n) is 17.4. The number of morpholine rings is 1. The van der Waals surface area contributed by atoms with Gasteiger partial charge in [-0.05, 0) is 42.8 Å². The molecule has 0 spiro atoms. The molecule has 2 aliphatic rings. The molecule has 0 bridgehead atoms. The Morgan fingerprint density at radius 3 is 2.63 bits per heavy atom. The lowest BCUT2D eigenvalue weighted by Gasteiger charge is -2.27. The van der Waals surface area contributed by atoms with E-state index in [1.165, 1.54) is 0 Å². The number of carbonyl (C=O) groups excluding carboxylic acids is 1. The van der Waals surface area contributed by atoms with Gasteiger partial charge in [-0.15, -0.1) is 0 Å². The number of phenolic OH excluding ortho intramolecular Hbond substituents is 1. The minimum Gasteiger partial charge on any atom is -0.507 e. The average molecular weight is 411 g/mol. The maximum absolute atomic E-state index is 13.2. The van der Waals surface area contributed by atoms with Gasteiger partial charge >= 0.3 is 0 Å². The van der Waals surface area contributed by atoms with Gasteiger partial charge in [0.2, 0.25) is 5.78 Å². The first-order valence-electron chi connectivity index (χ1n) is 9.83. The molecule has 1 saturated heterocycles. The molecule has 2 aromatic carbocycles. The van der Waals surface area contributed by atoms with Crippen LogP contribution in [0.15, 0.2) is 30.0 Å². The summed E-state index contributed by atoms with van der Waals surface area (Å²) in [6.45, 7) is 5.11. The van der Waals surface area contributed by atoms with Gasteiger partial charge in [-0.25, -0.2) is 0 Å². The maximum Gasteiger partial charge on any atom is 0.232 e. The molecule has 4 rings (SSSR count). The molecule has 0 aromatic heterocycles. The van der Waals surface area contributed by atoms with Gasteiger partial charge in [0.15, 0.2) is 5.76 Å². The third kappa shape index (κ3) is 3.74. The van der Waals surface area contributed by atoms with Crippen LogP contribution in [0.3, 0.4) is 0 Å². The fourth-order valence-corrected chi connectivity index (χ4v) is 3.81. The Balaban J connectivity index is 1.73. The number of carbonyl (C=O) groups is 1. The summed E-state index contributed by atoms with van der Waals surface area (Å²) in [5.74, 6) is 1.78. The van der Waals surface area contributed by atoms with Crippen LogP contribution < -0.4 is 14.2 Å². The van der Waals surface area contributed by atoms with Crippen LogP contribution in [0.4, 0.5) is 0 Å². The number of fused-ring (bicyclic) bond motifs is 1. The smallest absolute Gasteiger partial charge is 0.232 e. The molecule has 7 nitrogen and oxygen atoms in total. The van der Waals surface area contributed by atoms with E-state index in [9.17, 15) is 9.90 Å². The van der Waals surface area contributed by atoms with E-state index in [1.807, 2.05) is 0 Å². The Bertz CT molecular complexity index is 1010. The molecule has 1 N–H and O–H groups in total. The van der Waals surface area contributed by atoms with Gasteiger partial charge in [0.25, 0.3) is 0 Å². The molecule has 2 aliphatic heterocycles. The number of hydrogen-bond donors (Lipinski definition) is 1. The van der Waals surface area contributed by atoms with Crippen molar-refractivity contribution in [2.24, 2.45) is 0 Å². The Kier molecular flexibility index (Phi) is 5.65. The number of rotatable bonds is 5. The largest absolute Gasteiger partial charge is 0.507 e. The van der Waals surface area contributed by atoms with Crippen molar-refractivity contribution in [3.63, 3.8) is 0 Å². The van der Waals surface area contributed by atoms with Gasteiger partial charge in [0, 0.05) is 25.2 Å². The van der Waals surface area contributed by atoms with Gasteiger partial charge in [-0.1, -0.05) is 0 Å². The predicted octanol–water partition coefficient (Wildman–Crippen LogP) is 3.17. The topological polar surface area (TPSA) is 77.5 Å². The number of allylic oxidation sites excluding steroid dienone is 1. The third-order valence-electron chi connectivity index (χ3n) is 5.43. The van der Waals surface area contributed by atoms with Crippen molar-refractivity contribution in [2.75, 3.05) is 40.5 Å². The quantitative estimate of drug-likeness (QED) is 0.757. The summed E-state index contributed by atoms with van der Waals surface area (Å²) in [5, 5.41) is 10.6. The highest BCUT2D eigenvalue weighted by Gasteiger charge is 2.34. The van der Waals surface area contributed by atoms with Crippen molar-refractivity contribution in [3.8, 4) is 23.0 Å². The summed E-state index contributed by atoms with van der Waals surface area (Å²) >= 11 is 0. The van der Waals surface area contributed by atoms with E-state index in [4.69, 9.17) is 18.9 Å². The van der Waals surface area contributed by atoms with Crippen LogP contribution in [0.25, 0.3) is 6.08 Å². The standard InChI is InChI=1S/C23H25NO6/c1-14-10-18(25)17(13-24-6-8-29-9-7-24)23-21(14)22(26)20(30-23)12-15-11-16(27-2)4-5-19(15)28-3/h4-5,10-12,25H,6-9,13H2,1-3H3/b20-12-. The molecule has 0 saturated carbocycles. The van der Waals surface area contributed by atoms with Crippen LogP contribution in [0.5, 0.6) is 23.0 Å². The lowest BCUT2D eigenvalue weighted by Crippen LogP contribution is -2.35. The second-order valence-electron chi connectivity index (χ2n) is 7.33. The van der Waals surface area contributed by atoms with Crippen molar-refractivity contribution in [2.45, 2.75) is 13.5 Å². The summed E-state index contributed by atoms with van der Waals surface area (Å²) in [7, 11) is 3.15. The third-order valence-corrected chi connectivity index (χ3v) is 5.43. The van der Waals surface area contributed by atoms with Gasteiger partial charge < -0.3 is 24.1 Å². The summed E-state index contributed by atoms with van der Waals surface area (Å²) in [5.41, 5.74) is 2.46. The van der Waals surface area contributed by atoms with Gasteiger partial charge in [-0.3, -0.25) is 9.69 Å². The molecule has 7 heteroatoms. The van der Waals surface area contributed by atoms with E-state index in [2.05, 4.69) is 4.90 Å². The number of ether oxygens (including phenoxy) is 4. The molecule has 0 amide bonds. The summed E-state index contributed by atoms with van der Waals surface area (Å²) in [4.78, 5) is 15.3. The molecule has 0 aliphatic carbocycles. The molecule has 2 heterocycles. The molecule has 0 atom stereocenters. The zero-order valence-corrected chi connectivity index (χ0v) is 17.4. The molecular weight excluding hydrogens is 386 g/mol. The van der Waals surface area contributed by atoms with Gasteiger partial charge in [0.05, 0.1) is 38.6 Å². The van der Waals surface area contributed by atoms with E-state index >= 15 is 0 Å². The van der Waals surface area contributed by atoms with Crippen molar-refractivity contribution in [1.29, 1.82) is 0 Å². The number of benzene rings is 2. The van der Waals surface area contributed by atoms with Crippen molar-refractivity contribution in [3.05, 3.63) is 52.3 Å². The van der Waals surface area contributed by atoms with E-state index in [0.29, 0.717) is 59.3 Å². The predicted molar refractivity (Wildman–Crippen MR) is 111 cm³/mol. The van der Waals surface area contributed by atoms with Crippen LogP contribution >= 0.6 is 0 Å². The highest BCUT2D eigenvalue weighted by molar-refractivity contribution is 6.16. The minimum atomic E-state index is -0.212. The summed E-state index contributed by atoms with van der Waals surface area (Å²) < 4.78 is 22.1. The van der Waals surface area contributed by atoms with Gasteiger partial charge in [-0.2, -0.15) is 0 Å². The molecule has 0 unspecified atom stereocenters. The Morgan fingerprint density at radius 2 is 1.93 bits per heavy atom. The van der Waals surface area contributed by atoms with Crippen molar-refractivity contribution >= 4 is 11.9 Å². The first-order valence-corrected chi connectivity index (χ1v) is 9.83. The maximum atomic E-state index is 13.2. The number of aryl methyl sites for hydroxylation is 1. The first kappa shape index (κ1) is 20.3. The van der Waals surface area contributed by atoms with Crippen LogP contribution in [0.2, 0.25) is 0 Å². The van der Waals surface area contributed by atoms with E-state index in [1.54, 1.807) is 51.5 Å². The summed E-state index contributed by atoms with van der Waals surface area (Å²) in [6.07, 6.45) is 1.65. The molecule has 158 valence electrons. The monoisotopic (exact) mass is 411 g/mol. The lowest BCUT2D eigenvalue weighted by atomic mass is 9.99. The molecular formula is C23H25NO6. The number of ketones is 1. The highest BCUT2D eigenvalue weighted by Crippen LogP contribution is 2.42. The van der Waals surface area contributed by atoms with Crippen LogP contribution in [0.1, 0.15) is 27.0 Å². The number of Topliss-reactive ketones (excluding diaryl/α,β-unsaturated/α-hetero) is 1. The average Bonchev–Trinajstić information content (AvgIpc) is 3.08. The van der Waals surface area contributed by atoms with Crippen LogP contribution in [-0.4, -0.2) is 56.3 Å². The second kappa shape index (κ2) is 8.38. The number of aromatic hydroxyl groups is 1. The SMILES string of the molecule is COc1ccc(OC)c(/C=C2\Oc3c(CN4CCOCC4)c(O)cc(C)c3C2=O)c1. The Hall–Kier alpha value is -3.03.